The molecule has 0 atom stereocenters. The van der Waals surface area contributed by atoms with Crippen LogP contribution in [-0.4, -0.2) is 24.0 Å². The molecule has 2 rings (SSSR count). The molecule has 0 radical (unpaired) electrons. The molecule has 0 saturated heterocycles. The van der Waals surface area contributed by atoms with Gasteiger partial charge in [-0.1, -0.05) is 24.3 Å². The Morgan fingerprint density at radius 1 is 1.30 bits per heavy atom. The highest BCUT2D eigenvalue weighted by molar-refractivity contribution is 5.91. The summed E-state index contributed by atoms with van der Waals surface area (Å²) in [5.74, 6) is -0.0648. The van der Waals surface area contributed by atoms with Crippen LogP contribution in [0.1, 0.15) is 12.6 Å². The quantitative estimate of drug-likeness (QED) is 0.648. The maximum Gasteiger partial charge on any atom is 0.243 e. The molecule has 4 nitrogen and oxygen atoms in total. The van der Waals surface area contributed by atoms with Crippen LogP contribution >= 0.6 is 0 Å². The van der Waals surface area contributed by atoms with Crippen LogP contribution in [0.4, 0.5) is 5.69 Å². The number of hydrogen-bond acceptors (Lipinski definition) is 3. The van der Waals surface area contributed by atoms with Crippen molar-refractivity contribution in [1.82, 2.24) is 10.3 Å². The normalized spacial score (nSPS) is 10.9. The predicted molar refractivity (Wildman–Crippen MR) is 82.8 cm³/mol. The SMILES string of the molecule is CC=CC(=O)NCCNc1cc(C)nc2ccccc12. The Morgan fingerprint density at radius 2 is 2.10 bits per heavy atom. The third kappa shape index (κ3) is 3.57. The summed E-state index contributed by atoms with van der Waals surface area (Å²) in [6.45, 7) is 5.06. The maximum atomic E-state index is 11.3. The standard InChI is InChI=1S/C16H19N3O/c1-3-6-16(20)18-10-9-17-15-11-12(2)19-14-8-5-4-7-13(14)15/h3-8,11H,9-10H2,1-2H3,(H,17,19)(H,18,20). The highest BCUT2D eigenvalue weighted by Crippen LogP contribution is 2.22. The van der Waals surface area contributed by atoms with Crippen LogP contribution in [0, 0.1) is 6.92 Å². The second kappa shape index (κ2) is 6.70. The number of carbonyl (C=O) groups excluding carboxylic acids is 1. The monoisotopic (exact) mass is 269 g/mol. The van der Waals surface area contributed by atoms with Gasteiger partial charge in [-0.3, -0.25) is 9.78 Å². The fourth-order valence-electron chi connectivity index (χ4n) is 2.05. The molecule has 104 valence electrons. The van der Waals surface area contributed by atoms with Gasteiger partial charge in [-0.15, -0.1) is 0 Å². The lowest BCUT2D eigenvalue weighted by molar-refractivity contribution is -0.116. The number of allylic oxidation sites excluding steroid dienone is 1. The van der Waals surface area contributed by atoms with Crippen molar-refractivity contribution in [2.24, 2.45) is 0 Å². The van der Waals surface area contributed by atoms with Crippen molar-refractivity contribution in [2.75, 3.05) is 18.4 Å². The molecular formula is C16H19N3O. The Morgan fingerprint density at radius 3 is 2.90 bits per heavy atom. The van der Waals surface area contributed by atoms with Crippen LogP contribution in [0.15, 0.2) is 42.5 Å². The van der Waals surface area contributed by atoms with E-state index >= 15 is 0 Å². The first-order chi connectivity index (χ1) is 9.70. The number of hydrogen-bond donors (Lipinski definition) is 2. The van der Waals surface area contributed by atoms with Crippen LogP contribution in [0.25, 0.3) is 10.9 Å². The number of rotatable bonds is 5. The summed E-state index contributed by atoms with van der Waals surface area (Å²) < 4.78 is 0. The summed E-state index contributed by atoms with van der Waals surface area (Å²) in [6, 6.07) is 10.0. The van der Waals surface area contributed by atoms with Crippen LogP contribution in [-0.2, 0) is 4.79 Å². The first-order valence-corrected chi connectivity index (χ1v) is 6.71. The molecule has 1 heterocycles. The summed E-state index contributed by atoms with van der Waals surface area (Å²) in [7, 11) is 0. The molecule has 0 fully saturated rings. The van der Waals surface area contributed by atoms with Gasteiger partial charge in [-0.2, -0.15) is 0 Å². The van der Waals surface area contributed by atoms with Crippen LogP contribution < -0.4 is 10.6 Å². The van der Waals surface area contributed by atoms with Gasteiger partial charge >= 0.3 is 0 Å². The first-order valence-electron chi connectivity index (χ1n) is 6.71. The van der Waals surface area contributed by atoms with Gasteiger partial charge in [0.25, 0.3) is 0 Å². The minimum atomic E-state index is -0.0648. The smallest absolute Gasteiger partial charge is 0.243 e. The summed E-state index contributed by atoms with van der Waals surface area (Å²) in [4.78, 5) is 15.8. The largest absolute Gasteiger partial charge is 0.383 e. The van der Waals surface area contributed by atoms with Gasteiger partial charge in [-0.05, 0) is 32.1 Å². The molecule has 2 aromatic rings. The van der Waals surface area contributed by atoms with E-state index < -0.39 is 0 Å². The minimum Gasteiger partial charge on any atom is -0.383 e. The molecule has 2 N–H and O–H groups in total. The number of anilines is 1. The molecule has 1 amide bonds. The minimum absolute atomic E-state index is 0.0648. The van der Waals surface area contributed by atoms with Crippen LogP contribution in [0.2, 0.25) is 0 Å². The molecule has 1 aromatic carbocycles. The van der Waals surface area contributed by atoms with Gasteiger partial charge in [-0.25, -0.2) is 0 Å². The van der Waals surface area contributed by atoms with Crippen molar-refractivity contribution in [3.8, 4) is 0 Å². The van der Waals surface area contributed by atoms with Crippen molar-refractivity contribution >= 4 is 22.5 Å². The summed E-state index contributed by atoms with van der Waals surface area (Å²) in [6.07, 6.45) is 3.24. The average Bonchev–Trinajstić information content (AvgIpc) is 2.43. The Labute approximate surface area is 118 Å². The number of amides is 1. The van der Waals surface area contributed by atoms with Gasteiger partial charge in [0, 0.05) is 29.9 Å². The van der Waals surface area contributed by atoms with Crippen molar-refractivity contribution in [3.05, 3.63) is 48.2 Å². The Balaban J connectivity index is 2.01. The molecule has 1 aromatic heterocycles. The van der Waals surface area contributed by atoms with Gasteiger partial charge in [0.1, 0.15) is 0 Å². The van der Waals surface area contributed by atoms with Gasteiger partial charge in [0.2, 0.25) is 5.91 Å². The van der Waals surface area contributed by atoms with E-state index in [2.05, 4.69) is 15.6 Å². The highest BCUT2D eigenvalue weighted by Gasteiger charge is 2.02. The number of pyridine rings is 1. The molecule has 0 aliphatic carbocycles. The summed E-state index contributed by atoms with van der Waals surface area (Å²) in [5, 5.41) is 7.26. The van der Waals surface area contributed by atoms with Crippen LogP contribution in [0.3, 0.4) is 0 Å². The number of nitrogens with one attached hydrogen (secondary N) is 2. The van der Waals surface area contributed by atoms with E-state index in [1.807, 2.05) is 44.2 Å². The summed E-state index contributed by atoms with van der Waals surface area (Å²) >= 11 is 0. The lowest BCUT2D eigenvalue weighted by atomic mass is 10.1. The third-order valence-electron chi connectivity index (χ3n) is 2.90. The molecule has 0 saturated carbocycles. The van der Waals surface area contributed by atoms with Crippen molar-refractivity contribution < 1.29 is 4.79 Å². The number of carbonyl (C=O) groups is 1. The van der Waals surface area contributed by atoms with Gasteiger partial charge in [0.05, 0.1) is 5.52 Å². The van der Waals surface area contributed by atoms with E-state index in [4.69, 9.17) is 0 Å². The van der Waals surface area contributed by atoms with E-state index in [0.29, 0.717) is 13.1 Å². The Kier molecular flexibility index (Phi) is 4.71. The summed E-state index contributed by atoms with van der Waals surface area (Å²) in [5.41, 5.74) is 3.01. The van der Waals surface area contributed by atoms with E-state index in [9.17, 15) is 4.79 Å². The zero-order chi connectivity index (χ0) is 14.4. The Hall–Kier alpha value is -2.36. The van der Waals surface area contributed by atoms with E-state index in [1.54, 1.807) is 6.08 Å². The van der Waals surface area contributed by atoms with E-state index in [-0.39, 0.29) is 5.91 Å². The Bertz CT molecular complexity index is 635. The number of para-hydroxylation sites is 1. The zero-order valence-corrected chi connectivity index (χ0v) is 11.8. The average molecular weight is 269 g/mol. The highest BCUT2D eigenvalue weighted by atomic mass is 16.1. The molecule has 20 heavy (non-hydrogen) atoms. The third-order valence-corrected chi connectivity index (χ3v) is 2.90. The molecule has 0 aliphatic heterocycles. The van der Waals surface area contributed by atoms with E-state index in [0.717, 1.165) is 22.3 Å². The molecular weight excluding hydrogens is 250 g/mol. The number of aryl methyl sites for hydroxylation is 1. The molecule has 0 spiro atoms. The fourth-order valence-corrected chi connectivity index (χ4v) is 2.05. The topological polar surface area (TPSA) is 54.0 Å². The molecule has 0 unspecified atom stereocenters. The number of aromatic nitrogens is 1. The second-order valence-electron chi connectivity index (χ2n) is 4.55. The van der Waals surface area contributed by atoms with Gasteiger partial charge in [0.15, 0.2) is 0 Å². The molecule has 4 heteroatoms. The second-order valence-corrected chi connectivity index (χ2v) is 4.55. The predicted octanol–water partition coefficient (Wildman–Crippen LogP) is 2.65. The lowest BCUT2D eigenvalue weighted by Crippen LogP contribution is -2.27. The van der Waals surface area contributed by atoms with Gasteiger partial charge < -0.3 is 10.6 Å². The van der Waals surface area contributed by atoms with Crippen molar-refractivity contribution in [1.29, 1.82) is 0 Å². The molecule has 0 aliphatic rings. The number of fused-ring (bicyclic) bond motifs is 1. The number of benzene rings is 1. The fraction of sp³-hybridized carbons (Fsp3) is 0.250. The van der Waals surface area contributed by atoms with E-state index in [1.165, 1.54) is 6.08 Å². The zero-order valence-electron chi connectivity index (χ0n) is 11.8. The maximum absolute atomic E-state index is 11.3. The lowest BCUT2D eigenvalue weighted by Gasteiger charge is -2.11. The molecule has 0 bridgehead atoms. The number of nitrogens with zero attached hydrogens (tertiary/aromatic N) is 1. The van der Waals surface area contributed by atoms with Crippen LogP contribution in [0.5, 0.6) is 0 Å². The van der Waals surface area contributed by atoms with Crippen molar-refractivity contribution in [2.45, 2.75) is 13.8 Å². The van der Waals surface area contributed by atoms with Crippen molar-refractivity contribution in [3.63, 3.8) is 0 Å². The first kappa shape index (κ1) is 14.1.